The molecule has 1 amide bonds. The number of hydrogen-bond acceptors (Lipinski definition) is 3. The molecule has 1 aliphatic carbocycles. The van der Waals surface area contributed by atoms with Crippen LogP contribution in [0.25, 0.3) is 0 Å². The molecule has 4 heteroatoms. The Hall–Kier alpha value is -0.610. The fourth-order valence-electron chi connectivity index (χ4n) is 1.80. The first-order valence-corrected chi connectivity index (χ1v) is 6.06. The van der Waals surface area contributed by atoms with E-state index in [2.05, 4.69) is 10.6 Å². The third kappa shape index (κ3) is 4.94. The van der Waals surface area contributed by atoms with Crippen LogP contribution in [0.3, 0.4) is 0 Å². The highest BCUT2D eigenvalue weighted by Gasteiger charge is 2.29. The maximum atomic E-state index is 11.5. The normalized spacial score (nSPS) is 25.0. The van der Waals surface area contributed by atoms with E-state index in [0.717, 1.165) is 19.4 Å². The molecular formula is C12H24N2O2. The topological polar surface area (TPSA) is 50.4 Å². The van der Waals surface area contributed by atoms with E-state index in [0.29, 0.717) is 18.7 Å². The second-order valence-corrected chi connectivity index (χ2v) is 5.42. The molecule has 0 heterocycles. The monoisotopic (exact) mass is 228 g/mol. The van der Waals surface area contributed by atoms with Gasteiger partial charge in [-0.1, -0.05) is 0 Å². The van der Waals surface area contributed by atoms with Crippen molar-refractivity contribution in [2.24, 2.45) is 0 Å². The second-order valence-electron chi connectivity index (χ2n) is 5.42. The lowest BCUT2D eigenvalue weighted by Gasteiger charge is -2.35. The Morgan fingerprint density at radius 1 is 1.38 bits per heavy atom. The minimum atomic E-state index is -0.147. The zero-order valence-corrected chi connectivity index (χ0v) is 10.8. The van der Waals surface area contributed by atoms with E-state index < -0.39 is 0 Å². The van der Waals surface area contributed by atoms with E-state index in [1.165, 1.54) is 0 Å². The zero-order chi connectivity index (χ0) is 12.2. The molecule has 0 saturated heterocycles. The number of nitrogens with one attached hydrogen (secondary N) is 2. The van der Waals surface area contributed by atoms with Crippen molar-refractivity contribution >= 4 is 5.91 Å². The molecule has 0 aromatic rings. The van der Waals surface area contributed by atoms with Crippen LogP contribution in [0.4, 0.5) is 0 Å². The van der Waals surface area contributed by atoms with E-state index in [9.17, 15) is 4.79 Å². The summed E-state index contributed by atoms with van der Waals surface area (Å²) in [6, 6.07) is 0.447. The minimum Gasteiger partial charge on any atom is -0.378 e. The highest BCUT2D eigenvalue weighted by Crippen LogP contribution is 2.22. The first-order chi connectivity index (χ1) is 7.40. The van der Waals surface area contributed by atoms with Crippen LogP contribution < -0.4 is 10.6 Å². The van der Waals surface area contributed by atoms with Gasteiger partial charge in [-0.3, -0.25) is 4.79 Å². The van der Waals surface area contributed by atoms with Gasteiger partial charge in [0.1, 0.15) is 0 Å². The molecule has 1 aliphatic rings. The fraction of sp³-hybridized carbons (Fsp3) is 0.917. The quantitative estimate of drug-likeness (QED) is 0.739. The molecular weight excluding hydrogens is 204 g/mol. The molecule has 0 radical (unpaired) electrons. The summed E-state index contributed by atoms with van der Waals surface area (Å²) in [6.07, 6.45) is 2.45. The molecule has 4 nitrogen and oxygen atoms in total. The standard InChI is InChI=1S/C12H24N2O2/c1-5-16-10-6-9(7-10)13-8-11(15)14-12(2,3)4/h9-10,13H,5-8H2,1-4H3,(H,14,15). The summed E-state index contributed by atoms with van der Waals surface area (Å²) in [7, 11) is 0. The van der Waals surface area contributed by atoms with Crippen molar-refractivity contribution in [2.75, 3.05) is 13.2 Å². The Morgan fingerprint density at radius 3 is 2.50 bits per heavy atom. The van der Waals surface area contributed by atoms with E-state index in [-0.39, 0.29) is 11.4 Å². The molecule has 1 fully saturated rings. The average molecular weight is 228 g/mol. The number of carbonyl (C=O) groups excluding carboxylic acids is 1. The van der Waals surface area contributed by atoms with Crippen LogP contribution in [0.1, 0.15) is 40.5 Å². The van der Waals surface area contributed by atoms with Gasteiger partial charge in [-0.2, -0.15) is 0 Å². The maximum absolute atomic E-state index is 11.5. The minimum absolute atomic E-state index is 0.0624. The predicted molar refractivity (Wildman–Crippen MR) is 64.3 cm³/mol. The van der Waals surface area contributed by atoms with Crippen molar-refractivity contribution in [1.29, 1.82) is 0 Å². The van der Waals surface area contributed by atoms with Gasteiger partial charge in [-0.25, -0.2) is 0 Å². The number of hydrogen-bond donors (Lipinski definition) is 2. The van der Waals surface area contributed by atoms with E-state index in [1.807, 2.05) is 27.7 Å². The van der Waals surface area contributed by atoms with Gasteiger partial charge in [0.05, 0.1) is 12.6 Å². The summed E-state index contributed by atoms with van der Waals surface area (Å²) in [5.74, 6) is 0.0624. The smallest absolute Gasteiger partial charge is 0.234 e. The Balaban J connectivity index is 2.06. The van der Waals surface area contributed by atoms with Crippen molar-refractivity contribution in [3.63, 3.8) is 0 Å². The highest BCUT2D eigenvalue weighted by atomic mass is 16.5. The van der Waals surface area contributed by atoms with E-state index >= 15 is 0 Å². The van der Waals surface area contributed by atoms with Crippen molar-refractivity contribution in [1.82, 2.24) is 10.6 Å². The molecule has 94 valence electrons. The lowest BCUT2D eigenvalue weighted by molar-refractivity contribution is -0.122. The number of rotatable bonds is 5. The van der Waals surface area contributed by atoms with Gasteiger partial charge < -0.3 is 15.4 Å². The summed E-state index contributed by atoms with van der Waals surface area (Å²) in [6.45, 7) is 9.15. The Bertz CT molecular complexity index is 230. The number of ether oxygens (including phenoxy) is 1. The highest BCUT2D eigenvalue weighted by molar-refractivity contribution is 5.78. The Kier molecular flexibility index (Phi) is 4.74. The van der Waals surface area contributed by atoms with Crippen LogP contribution in [0.15, 0.2) is 0 Å². The summed E-state index contributed by atoms with van der Waals surface area (Å²) in [5, 5.41) is 6.16. The predicted octanol–water partition coefficient (Wildman–Crippen LogP) is 1.06. The van der Waals surface area contributed by atoms with Crippen LogP contribution in [-0.2, 0) is 9.53 Å². The van der Waals surface area contributed by atoms with Crippen LogP contribution in [0.5, 0.6) is 0 Å². The van der Waals surface area contributed by atoms with Crippen molar-refractivity contribution in [2.45, 2.75) is 58.2 Å². The van der Waals surface area contributed by atoms with E-state index in [4.69, 9.17) is 4.74 Å². The van der Waals surface area contributed by atoms with Gasteiger partial charge in [0.2, 0.25) is 5.91 Å². The fourth-order valence-corrected chi connectivity index (χ4v) is 1.80. The SMILES string of the molecule is CCOC1CC(NCC(=O)NC(C)(C)C)C1. The van der Waals surface area contributed by atoms with E-state index in [1.54, 1.807) is 0 Å². The van der Waals surface area contributed by atoms with Crippen LogP contribution >= 0.6 is 0 Å². The zero-order valence-electron chi connectivity index (χ0n) is 10.8. The summed E-state index contributed by atoms with van der Waals surface area (Å²) < 4.78 is 5.45. The first kappa shape index (κ1) is 13.5. The Labute approximate surface area is 98.1 Å². The molecule has 1 saturated carbocycles. The lowest BCUT2D eigenvalue weighted by atomic mass is 9.89. The molecule has 2 N–H and O–H groups in total. The van der Waals surface area contributed by atoms with Gasteiger partial charge >= 0.3 is 0 Å². The van der Waals surface area contributed by atoms with Gasteiger partial charge in [-0.15, -0.1) is 0 Å². The van der Waals surface area contributed by atoms with Crippen LogP contribution in [-0.4, -0.2) is 36.7 Å². The van der Waals surface area contributed by atoms with Gasteiger partial charge in [0, 0.05) is 18.2 Å². The summed E-state index contributed by atoms with van der Waals surface area (Å²) in [5.41, 5.74) is -0.147. The molecule has 0 atom stereocenters. The molecule has 0 bridgehead atoms. The van der Waals surface area contributed by atoms with Crippen molar-refractivity contribution in [3.8, 4) is 0 Å². The van der Waals surface area contributed by atoms with Gasteiger partial charge in [0.25, 0.3) is 0 Å². The second kappa shape index (κ2) is 5.64. The summed E-state index contributed by atoms with van der Waals surface area (Å²) in [4.78, 5) is 11.5. The molecule has 0 spiro atoms. The molecule has 16 heavy (non-hydrogen) atoms. The largest absolute Gasteiger partial charge is 0.378 e. The van der Waals surface area contributed by atoms with Crippen molar-refractivity contribution in [3.05, 3.63) is 0 Å². The lowest BCUT2D eigenvalue weighted by Crippen LogP contribution is -2.51. The van der Waals surface area contributed by atoms with Crippen LogP contribution in [0, 0.1) is 0 Å². The molecule has 0 aromatic carbocycles. The third-order valence-corrected chi connectivity index (χ3v) is 2.56. The molecule has 1 rings (SSSR count). The maximum Gasteiger partial charge on any atom is 0.234 e. The Morgan fingerprint density at radius 2 is 2.00 bits per heavy atom. The number of carbonyl (C=O) groups is 1. The third-order valence-electron chi connectivity index (χ3n) is 2.56. The molecule has 0 unspecified atom stereocenters. The van der Waals surface area contributed by atoms with Gasteiger partial charge in [-0.05, 0) is 40.5 Å². The average Bonchev–Trinajstić information content (AvgIpc) is 2.05. The number of amides is 1. The molecule has 0 aliphatic heterocycles. The van der Waals surface area contributed by atoms with Crippen LogP contribution in [0.2, 0.25) is 0 Å². The summed E-state index contributed by atoms with van der Waals surface area (Å²) >= 11 is 0. The van der Waals surface area contributed by atoms with Crippen molar-refractivity contribution < 1.29 is 9.53 Å². The molecule has 0 aromatic heterocycles. The first-order valence-electron chi connectivity index (χ1n) is 6.06. The van der Waals surface area contributed by atoms with Gasteiger partial charge in [0.15, 0.2) is 0 Å².